The van der Waals surface area contributed by atoms with Gasteiger partial charge in [0.25, 0.3) is 5.56 Å². The van der Waals surface area contributed by atoms with Crippen LogP contribution in [0.15, 0.2) is 77.1 Å². The highest BCUT2D eigenvalue weighted by molar-refractivity contribution is 5.45. The average Bonchev–Trinajstić information content (AvgIpc) is 2.88. The van der Waals surface area contributed by atoms with Crippen molar-refractivity contribution in [2.24, 2.45) is 5.92 Å². The maximum absolute atomic E-state index is 13.8. The first-order valence-corrected chi connectivity index (χ1v) is 12.9. The lowest BCUT2D eigenvalue weighted by Gasteiger charge is -2.25. The van der Waals surface area contributed by atoms with E-state index in [2.05, 4.69) is 69.3 Å². The molecule has 0 saturated carbocycles. The van der Waals surface area contributed by atoms with Gasteiger partial charge in [0.1, 0.15) is 5.82 Å². The van der Waals surface area contributed by atoms with Gasteiger partial charge in [-0.2, -0.15) is 5.26 Å². The lowest BCUT2D eigenvalue weighted by molar-refractivity contribution is 0.624. The third-order valence-electron chi connectivity index (χ3n) is 7.15. The fourth-order valence-electron chi connectivity index (χ4n) is 5.05. The second-order valence-electron chi connectivity index (χ2n) is 9.93. The van der Waals surface area contributed by atoms with Crippen LogP contribution in [0.2, 0.25) is 0 Å². The molecule has 0 bridgehead atoms. The smallest absolute Gasteiger partial charge is 0.257 e. The summed E-state index contributed by atoms with van der Waals surface area (Å²) >= 11 is 0. The van der Waals surface area contributed by atoms with Crippen molar-refractivity contribution in [1.29, 1.82) is 5.26 Å². The Balaban J connectivity index is 1.66. The average molecular weight is 478 g/mol. The molecule has 2 atom stereocenters. The molecule has 1 aliphatic carbocycles. The van der Waals surface area contributed by atoms with Gasteiger partial charge in [-0.3, -0.25) is 9.36 Å². The molecule has 1 aliphatic rings. The van der Waals surface area contributed by atoms with Crippen LogP contribution >= 0.6 is 0 Å². The first kappa shape index (κ1) is 25.4. The fraction of sp³-hybridized carbons (Fsp3) is 0.344. The minimum absolute atomic E-state index is 0.0630. The molecule has 4 rings (SSSR count). The van der Waals surface area contributed by atoms with Crippen molar-refractivity contribution >= 4 is 0 Å². The zero-order valence-electron chi connectivity index (χ0n) is 21.8. The molecule has 0 saturated heterocycles. The maximum atomic E-state index is 13.8. The lowest BCUT2D eigenvalue weighted by Crippen LogP contribution is -2.30. The van der Waals surface area contributed by atoms with Gasteiger partial charge in [-0.15, -0.1) is 0 Å². The van der Waals surface area contributed by atoms with Gasteiger partial charge in [-0.05, 0) is 55.4 Å². The van der Waals surface area contributed by atoms with E-state index in [1.54, 1.807) is 0 Å². The molecular weight excluding hydrogens is 442 g/mol. The van der Waals surface area contributed by atoms with Crippen molar-refractivity contribution in [1.82, 2.24) is 9.55 Å². The molecule has 0 spiro atoms. The Morgan fingerprint density at radius 3 is 2.53 bits per heavy atom. The first-order valence-electron chi connectivity index (χ1n) is 12.9. The monoisotopic (exact) mass is 477 g/mol. The highest BCUT2D eigenvalue weighted by Gasteiger charge is 2.23. The Hall–Kier alpha value is -3.71. The Bertz CT molecular complexity index is 1390. The summed E-state index contributed by atoms with van der Waals surface area (Å²) in [6, 6.07) is 18.5. The number of nitrogens with zero attached hydrogens (tertiary/aromatic N) is 3. The predicted molar refractivity (Wildman–Crippen MR) is 146 cm³/mol. The standard InChI is InChI=1S/C32H35N3O/c1-5-6-11-31-30(32(36)35(24(4)34-31)21-25-14-12-22(2)13-15-25)19-26-16-17-28(23(3)18-26)29-10-8-7-9-27(29)20-33/h7-10,12-18,23,28H,5-6,11,19,21H2,1-4H3. The molecule has 4 heteroatoms. The molecule has 184 valence electrons. The zero-order valence-corrected chi connectivity index (χ0v) is 21.8. The molecule has 2 unspecified atom stereocenters. The van der Waals surface area contributed by atoms with Gasteiger partial charge in [0.2, 0.25) is 0 Å². The van der Waals surface area contributed by atoms with Gasteiger partial charge >= 0.3 is 0 Å². The van der Waals surface area contributed by atoms with Crippen molar-refractivity contribution in [2.75, 3.05) is 0 Å². The van der Waals surface area contributed by atoms with Gasteiger partial charge in [-0.25, -0.2) is 4.98 Å². The van der Waals surface area contributed by atoms with Crippen LogP contribution in [-0.4, -0.2) is 9.55 Å². The van der Waals surface area contributed by atoms with E-state index in [0.29, 0.717) is 13.0 Å². The van der Waals surface area contributed by atoms with E-state index in [4.69, 9.17) is 4.98 Å². The summed E-state index contributed by atoms with van der Waals surface area (Å²) in [6.07, 6.45) is 10.0. The summed E-state index contributed by atoms with van der Waals surface area (Å²) < 4.78 is 1.82. The summed E-state index contributed by atoms with van der Waals surface area (Å²) in [5.74, 6) is 1.15. The van der Waals surface area contributed by atoms with Crippen molar-refractivity contribution in [3.05, 3.63) is 122 Å². The molecular formula is C32H35N3O. The first-order chi connectivity index (χ1) is 17.4. The molecule has 0 fully saturated rings. The molecule has 1 heterocycles. The number of rotatable bonds is 8. The molecule has 2 aromatic carbocycles. The SMILES string of the molecule is CCCCc1nc(C)n(Cc2ccc(C)cc2)c(=O)c1CC1=CC(C)C(c2ccccc2C#N)C=C1. The van der Waals surface area contributed by atoms with Crippen LogP contribution in [0.4, 0.5) is 0 Å². The van der Waals surface area contributed by atoms with Gasteiger partial charge < -0.3 is 0 Å². The van der Waals surface area contributed by atoms with Gasteiger partial charge in [0.15, 0.2) is 0 Å². The van der Waals surface area contributed by atoms with Crippen LogP contribution in [0.1, 0.15) is 71.9 Å². The number of nitriles is 1. The molecule has 3 aromatic rings. The summed E-state index contributed by atoms with van der Waals surface area (Å²) in [5.41, 5.74) is 7.02. The molecule has 0 N–H and O–H groups in total. The molecule has 0 aliphatic heterocycles. The summed E-state index contributed by atoms with van der Waals surface area (Å²) in [4.78, 5) is 18.7. The number of hydrogen-bond acceptors (Lipinski definition) is 3. The van der Waals surface area contributed by atoms with E-state index in [-0.39, 0.29) is 17.4 Å². The highest BCUT2D eigenvalue weighted by Crippen LogP contribution is 2.34. The van der Waals surface area contributed by atoms with E-state index in [9.17, 15) is 10.1 Å². The Morgan fingerprint density at radius 1 is 1.08 bits per heavy atom. The van der Waals surface area contributed by atoms with E-state index in [1.807, 2.05) is 35.8 Å². The van der Waals surface area contributed by atoms with E-state index in [0.717, 1.165) is 58.6 Å². The van der Waals surface area contributed by atoms with Crippen LogP contribution < -0.4 is 5.56 Å². The number of benzene rings is 2. The van der Waals surface area contributed by atoms with E-state index < -0.39 is 0 Å². The minimum Gasteiger partial charge on any atom is -0.292 e. The quantitative estimate of drug-likeness (QED) is 0.368. The highest BCUT2D eigenvalue weighted by atomic mass is 16.1. The predicted octanol–water partition coefficient (Wildman–Crippen LogP) is 6.58. The molecule has 1 aromatic heterocycles. The second kappa shape index (κ2) is 11.4. The molecule has 4 nitrogen and oxygen atoms in total. The van der Waals surface area contributed by atoms with Crippen LogP contribution in [-0.2, 0) is 19.4 Å². The van der Waals surface area contributed by atoms with E-state index in [1.165, 1.54) is 5.56 Å². The maximum Gasteiger partial charge on any atom is 0.257 e. The number of allylic oxidation sites excluding steroid dienone is 4. The lowest BCUT2D eigenvalue weighted by atomic mass is 9.79. The minimum atomic E-state index is 0.0630. The Kier molecular flexibility index (Phi) is 8.00. The van der Waals surface area contributed by atoms with Gasteiger partial charge in [0.05, 0.1) is 23.9 Å². The number of aryl methyl sites for hydroxylation is 3. The molecule has 36 heavy (non-hydrogen) atoms. The largest absolute Gasteiger partial charge is 0.292 e. The van der Waals surface area contributed by atoms with Crippen molar-refractivity contribution < 1.29 is 0 Å². The molecule has 0 radical (unpaired) electrons. The number of hydrogen-bond donors (Lipinski definition) is 0. The summed E-state index contributed by atoms with van der Waals surface area (Å²) in [7, 11) is 0. The van der Waals surface area contributed by atoms with Crippen LogP contribution in [0.3, 0.4) is 0 Å². The summed E-state index contributed by atoms with van der Waals surface area (Å²) in [6.45, 7) is 8.88. The van der Waals surface area contributed by atoms with Gasteiger partial charge in [-0.1, -0.05) is 86.5 Å². The Labute approximate surface area is 214 Å². The summed E-state index contributed by atoms with van der Waals surface area (Å²) in [5, 5.41) is 9.55. The third kappa shape index (κ3) is 5.57. The Morgan fingerprint density at radius 2 is 1.83 bits per heavy atom. The fourth-order valence-corrected chi connectivity index (χ4v) is 5.05. The molecule has 0 amide bonds. The second-order valence-corrected chi connectivity index (χ2v) is 9.93. The van der Waals surface area contributed by atoms with E-state index >= 15 is 0 Å². The van der Waals surface area contributed by atoms with Gasteiger partial charge in [0, 0.05) is 17.9 Å². The van der Waals surface area contributed by atoms with Crippen LogP contribution in [0.5, 0.6) is 0 Å². The zero-order chi connectivity index (χ0) is 25.7. The third-order valence-corrected chi connectivity index (χ3v) is 7.15. The topological polar surface area (TPSA) is 58.7 Å². The number of unbranched alkanes of at least 4 members (excludes halogenated alkanes) is 1. The van der Waals surface area contributed by atoms with Crippen molar-refractivity contribution in [2.45, 2.75) is 65.8 Å². The number of aromatic nitrogens is 2. The van der Waals surface area contributed by atoms with Crippen molar-refractivity contribution in [3.8, 4) is 6.07 Å². The van der Waals surface area contributed by atoms with Crippen LogP contribution in [0, 0.1) is 31.1 Å². The normalized spacial score (nSPS) is 17.0. The van der Waals surface area contributed by atoms with Crippen molar-refractivity contribution in [3.63, 3.8) is 0 Å². The van der Waals surface area contributed by atoms with Crippen LogP contribution in [0.25, 0.3) is 0 Å².